The van der Waals surface area contributed by atoms with E-state index in [1.807, 2.05) is 0 Å². The summed E-state index contributed by atoms with van der Waals surface area (Å²) in [5.74, 6) is -0.238. The molecule has 0 heterocycles. The molecule has 0 radical (unpaired) electrons. The Morgan fingerprint density at radius 3 is 2.75 bits per heavy atom. The lowest BCUT2D eigenvalue weighted by molar-refractivity contribution is 0.202. The molecule has 0 unspecified atom stereocenters. The minimum absolute atomic E-state index is 0.109. The predicted molar refractivity (Wildman–Crippen MR) is 49.8 cm³/mol. The van der Waals surface area contributed by atoms with E-state index in [0.717, 1.165) is 0 Å². The molecule has 1 aromatic rings. The first-order valence-electron chi connectivity index (χ1n) is 3.34. The van der Waals surface area contributed by atoms with E-state index in [1.165, 1.54) is 18.2 Å². The molecule has 0 bridgehead atoms. The molecule has 0 aliphatic rings. The minimum atomic E-state index is -0.733. The smallest absolute Gasteiger partial charge is 0.137 e. The van der Waals surface area contributed by atoms with E-state index in [-0.39, 0.29) is 11.7 Å². The molecular formula is C8H7BrClFO. The van der Waals surface area contributed by atoms with E-state index >= 15 is 0 Å². The molecule has 1 nitrogen and oxygen atoms in total. The summed E-state index contributed by atoms with van der Waals surface area (Å²) in [7, 11) is 0. The van der Waals surface area contributed by atoms with Gasteiger partial charge in [-0.25, -0.2) is 4.39 Å². The fourth-order valence-electron chi connectivity index (χ4n) is 0.809. The fraction of sp³-hybridized carbons (Fsp3) is 0.250. The van der Waals surface area contributed by atoms with Crippen LogP contribution in [0.5, 0.6) is 0 Å². The SMILES string of the molecule is O[C@@H](CCl)c1ccc(F)c(Br)c1. The molecule has 1 atom stereocenters. The van der Waals surface area contributed by atoms with Gasteiger partial charge < -0.3 is 5.11 Å². The molecule has 0 amide bonds. The first-order valence-corrected chi connectivity index (χ1v) is 4.67. The number of hydrogen-bond acceptors (Lipinski definition) is 1. The van der Waals surface area contributed by atoms with Crippen molar-refractivity contribution in [2.75, 3.05) is 5.88 Å². The summed E-state index contributed by atoms with van der Waals surface area (Å²) in [6, 6.07) is 4.31. The summed E-state index contributed by atoms with van der Waals surface area (Å²) in [6.07, 6.45) is -0.733. The van der Waals surface area contributed by atoms with Gasteiger partial charge in [-0.1, -0.05) is 6.07 Å². The quantitative estimate of drug-likeness (QED) is 0.804. The third kappa shape index (κ3) is 2.19. The number of alkyl halides is 1. The molecule has 0 fully saturated rings. The highest BCUT2D eigenvalue weighted by molar-refractivity contribution is 9.10. The molecule has 4 heteroatoms. The van der Waals surface area contributed by atoms with E-state index < -0.39 is 6.10 Å². The van der Waals surface area contributed by atoms with Gasteiger partial charge in [0.05, 0.1) is 16.5 Å². The molecule has 1 aromatic carbocycles. The Labute approximate surface area is 83.3 Å². The van der Waals surface area contributed by atoms with Gasteiger partial charge >= 0.3 is 0 Å². The zero-order valence-electron chi connectivity index (χ0n) is 6.10. The summed E-state index contributed by atoms with van der Waals surface area (Å²) in [4.78, 5) is 0. The summed E-state index contributed by atoms with van der Waals surface area (Å²) >= 11 is 8.43. The molecule has 66 valence electrons. The average molecular weight is 253 g/mol. The zero-order valence-corrected chi connectivity index (χ0v) is 8.44. The highest BCUT2D eigenvalue weighted by Gasteiger charge is 2.07. The highest BCUT2D eigenvalue weighted by Crippen LogP contribution is 2.21. The first-order chi connectivity index (χ1) is 5.65. The monoisotopic (exact) mass is 252 g/mol. The van der Waals surface area contributed by atoms with Gasteiger partial charge in [-0.3, -0.25) is 0 Å². The van der Waals surface area contributed by atoms with Crippen LogP contribution in [0.2, 0.25) is 0 Å². The van der Waals surface area contributed by atoms with Gasteiger partial charge in [0.15, 0.2) is 0 Å². The third-order valence-electron chi connectivity index (χ3n) is 1.47. The predicted octanol–water partition coefficient (Wildman–Crippen LogP) is 2.86. The van der Waals surface area contributed by atoms with E-state index in [9.17, 15) is 9.50 Å². The van der Waals surface area contributed by atoms with Crippen molar-refractivity contribution in [3.8, 4) is 0 Å². The normalized spacial score (nSPS) is 13.0. The van der Waals surface area contributed by atoms with E-state index in [4.69, 9.17) is 11.6 Å². The van der Waals surface area contributed by atoms with Gasteiger partial charge in [-0.05, 0) is 33.6 Å². The van der Waals surface area contributed by atoms with Gasteiger partial charge in [0.1, 0.15) is 5.82 Å². The van der Waals surface area contributed by atoms with Crippen LogP contribution in [0.1, 0.15) is 11.7 Å². The Hall–Kier alpha value is -0.120. The van der Waals surface area contributed by atoms with Crippen LogP contribution in [0.3, 0.4) is 0 Å². The zero-order chi connectivity index (χ0) is 9.14. The lowest BCUT2D eigenvalue weighted by Gasteiger charge is -2.06. The lowest BCUT2D eigenvalue weighted by atomic mass is 10.1. The molecule has 0 saturated carbocycles. The second-order valence-corrected chi connectivity index (χ2v) is 3.51. The Morgan fingerprint density at radius 2 is 2.25 bits per heavy atom. The number of halogens is 3. The molecule has 1 N–H and O–H groups in total. The van der Waals surface area contributed by atoms with Crippen LogP contribution in [0, 0.1) is 5.82 Å². The van der Waals surface area contributed by atoms with Crippen molar-refractivity contribution in [1.82, 2.24) is 0 Å². The van der Waals surface area contributed by atoms with E-state index in [0.29, 0.717) is 10.0 Å². The standard InChI is InChI=1S/C8H7BrClFO/c9-6-3-5(8(12)4-10)1-2-7(6)11/h1-3,8,12H,4H2/t8-/m0/s1. The Kier molecular flexibility index (Phi) is 3.50. The van der Waals surface area contributed by atoms with Crippen LogP contribution in [0.15, 0.2) is 22.7 Å². The van der Waals surface area contributed by atoms with Crippen molar-refractivity contribution in [3.63, 3.8) is 0 Å². The van der Waals surface area contributed by atoms with Crippen LogP contribution in [-0.2, 0) is 0 Å². The van der Waals surface area contributed by atoms with Gasteiger partial charge in [0, 0.05) is 0 Å². The lowest BCUT2D eigenvalue weighted by Crippen LogP contribution is -1.98. The molecule has 0 aromatic heterocycles. The number of rotatable bonds is 2. The van der Waals surface area contributed by atoms with Gasteiger partial charge in [0.25, 0.3) is 0 Å². The van der Waals surface area contributed by atoms with Gasteiger partial charge in [-0.15, -0.1) is 11.6 Å². The van der Waals surface area contributed by atoms with Crippen molar-refractivity contribution < 1.29 is 9.50 Å². The summed E-state index contributed by atoms with van der Waals surface area (Å²) in [5.41, 5.74) is 0.610. The number of aliphatic hydroxyl groups is 1. The second kappa shape index (κ2) is 4.21. The molecule has 0 aliphatic heterocycles. The van der Waals surface area contributed by atoms with Gasteiger partial charge in [0.2, 0.25) is 0 Å². The average Bonchev–Trinajstić information content (AvgIpc) is 2.08. The molecule has 0 saturated heterocycles. The highest BCUT2D eigenvalue weighted by atomic mass is 79.9. The summed E-state index contributed by atoms with van der Waals surface area (Å²) < 4.78 is 13.0. The van der Waals surface area contributed by atoms with Crippen molar-refractivity contribution in [2.45, 2.75) is 6.10 Å². The van der Waals surface area contributed by atoms with E-state index in [2.05, 4.69) is 15.9 Å². The minimum Gasteiger partial charge on any atom is -0.387 e. The summed E-state index contributed by atoms with van der Waals surface area (Å²) in [6.45, 7) is 0. The van der Waals surface area contributed by atoms with Crippen molar-refractivity contribution in [2.24, 2.45) is 0 Å². The van der Waals surface area contributed by atoms with Crippen molar-refractivity contribution in [3.05, 3.63) is 34.1 Å². The Bertz CT molecular complexity index is 280. The van der Waals surface area contributed by atoms with Gasteiger partial charge in [-0.2, -0.15) is 0 Å². The maximum Gasteiger partial charge on any atom is 0.137 e. The van der Waals surface area contributed by atoms with Crippen LogP contribution < -0.4 is 0 Å². The van der Waals surface area contributed by atoms with Crippen molar-refractivity contribution >= 4 is 27.5 Å². The maximum absolute atomic E-state index is 12.7. The fourth-order valence-corrected chi connectivity index (χ4v) is 1.38. The van der Waals surface area contributed by atoms with Crippen LogP contribution in [0.4, 0.5) is 4.39 Å². The van der Waals surface area contributed by atoms with E-state index in [1.54, 1.807) is 0 Å². The second-order valence-electron chi connectivity index (χ2n) is 2.34. The summed E-state index contributed by atoms with van der Waals surface area (Å²) in [5, 5.41) is 9.27. The van der Waals surface area contributed by atoms with Crippen LogP contribution in [-0.4, -0.2) is 11.0 Å². The third-order valence-corrected chi connectivity index (χ3v) is 2.37. The Balaban J connectivity index is 2.96. The molecule has 1 rings (SSSR count). The van der Waals surface area contributed by atoms with Crippen LogP contribution in [0.25, 0.3) is 0 Å². The molecular weight excluding hydrogens is 246 g/mol. The number of aliphatic hydroxyl groups excluding tert-OH is 1. The molecule has 0 spiro atoms. The maximum atomic E-state index is 12.7. The number of benzene rings is 1. The largest absolute Gasteiger partial charge is 0.387 e. The van der Waals surface area contributed by atoms with Crippen LogP contribution >= 0.6 is 27.5 Å². The Morgan fingerprint density at radius 1 is 1.58 bits per heavy atom. The molecule has 12 heavy (non-hydrogen) atoms. The first kappa shape index (κ1) is 9.96. The number of hydrogen-bond donors (Lipinski definition) is 1. The molecule has 0 aliphatic carbocycles. The topological polar surface area (TPSA) is 20.2 Å². The van der Waals surface area contributed by atoms with Crippen molar-refractivity contribution in [1.29, 1.82) is 0 Å².